The lowest BCUT2D eigenvalue weighted by Gasteiger charge is -2.00. The summed E-state index contributed by atoms with van der Waals surface area (Å²) in [6.07, 6.45) is 0. The number of phenolic OH excluding ortho intramolecular Hbond substituents is 3. The zero-order valence-electron chi connectivity index (χ0n) is 15.8. The minimum absolute atomic E-state index is 0.0486. The maximum absolute atomic E-state index is 10.7. The van der Waals surface area contributed by atoms with Crippen LogP contribution in [0.25, 0.3) is 0 Å². The first kappa shape index (κ1) is 23.3. The highest BCUT2D eigenvalue weighted by molar-refractivity contribution is 5.96. The van der Waals surface area contributed by atoms with Crippen molar-refractivity contribution < 1.29 is 24.9 Å². The number of benzene rings is 2. The van der Waals surface area contributed by atoms with Crippen molar-refractivity contribution >= 4 is 11.5 Å². The number of hydrogen-bond acceptors (Lipinski definition) is 6. The molecule has 0 aliphatic heterocycles. The fourth-order valence-electron chi connectivity index (χ4n) is 1.81. The molecule has 0 heterocycles. The van der Waals surface area contributed by atoms with Gasteiger partial charge < -0.3 is 25.4 Å². The molecule has 0 atom stereocenters. The van der Waals surface area contributed by atoms with E-state index in [1.807, 2.05) is 32.9 Å². The number of aromatic hydroxyl groups is 3. The first-order chi connectivity index (χ1) is 12.3. The third-order valence-corrected chi connectivity index (χ3v) is 3.02. The summed E-state index contributed by atoms with van der Waals surface area (Å²) in [5, 5.41) is 29.9. The SMILES string of the molecule is CC(=O)c1ccc(O)cc1O.CCNc1ccc(O)cc1.CCOCC. The molecule has 0 aliphatic rings. The molecule has 2 aromatic carbocycles. The van der Waals surface area contributed by atoms with Gasteiger partial charge in [0.25, 0.3) is 0 Å². The number of phenols is 3. The van der Waals surface area contributed by atoms with Crippen LogP contribution in [0, 0.1) is 0 Å². The van der Waals surface area contributed by atoms with E-state index in [1.165, 1.54) is 19.1 Å². The van der Waals surface area contributed by atoms with Gasteiger partial charge in [-0.05, 0) is 64.1 Å². The van der Waals surface area contributed by atoms with E-state index >= 15 is 0 Å². The van der Waals surface area contributed by atoms with E-state index in [9.17, 15) is 4.79 Å². The van der Waals surface area contributed by atoms with E-state index in [2.05, 4.69) is 5.32 Å². The summed E-state index contributed by atoms with van der Waals surface area (Å²) < 4.78 is 4.83. The normalized spacial score (nSPS) is 9.23. The smallest absolute Gasteiger partial charge is 0.163 e. The second-order valence-corrected chi connectivity index (χ2v) is 5.12. The molecular formula is C20H29NO5. The fourth-order valence-corrected chi connectivity index (χ4v) is 1.81. The van der Waals surface area contributed by atoms with E-state index in [0.29, 0.717) is 5.75 Å². The third-order valence-electron chi connectivity index (χ3n) is 3.02. The Bertz CT molecular complexity index is 639. The van der Waals surface area contributed by atoms with Gasteiger partial charge in [0.1, 0.15) is 17.2 Å². The Hall–Kier alpha value is -2.73. The van der Waals surface area contributed by atoms with E-state index < -0.39 is 0 Å². The molecule has 0 radical (unpaired) electrons. The van der Waals surface area contributed by atoms with Gasteiger partial charge in [0.2, 0.25) is 0 Å². The quantitative estimate of drug-likeness (QED) is 0.470. The standard InChI is InChI=1S/C8H11NO.C8H8O3.C4H10O/c1-2-9-7-3-5-8(10)6-4-7;1-5(9)7-3-2-6(10)4-8(7)11;1-3-5-4-2/h3-6,9-10H,2H2,1H3;2-4,10-11H,1H3;3-4H2,1-2H3. The number of nitrogens with one attached hydrogen (secondary N) is 1. The van der Waals surface area contributed by atoms with Crippen LogP contribution < -0.4 is 5.32 Å². The van der Waals surface area contributed by atoms with Crippen LogP contribution >= 0.6 is 0 Å². The Kier molecular flexibility index (Phi) is 12.1. The molecule has 0 unspecified atom stereocenters. The topological polar surface area (TPSA) is 99.0 Å². The molecule has 0 fully saturated rings. The van der Waals surface area contributed by atoms with E-state index in [-0.39, 0.29) is 22.8 Å². The van der Waals surface area contributed by atoms with Gasteiger partial charge in [0.15, 0.2) is 5.78 Å². The average molecular weight is 363 g/mol. The van der Waals surface area contributed by atoms with Crippen molar-refractivity contribution in [3.8, 4) is 17.2 Å². The second kappa shape index (κ2) is 13.5. The summed E-state index contributed by atoms with van der Waals surface area (Å²) >= 11 is 0. The van der Waals surface area contributed by atoms with Crippen LogP contribution in [0.5, 0.6) is 17.2 Å². The average Bonchev–Trinajstić information content (AvgIpc) is 2.59. The van der Waals surface area contributed by atoms with E-state index in [0.717, 1.165) is 31.5 Å². The fraction of sp³-hybridized carbons (Fsp3) is 0.350. The van der Waals surface area contributed by atoms with Crippen LogP contribution in [0.2, 0.25) is 0 Å². The van der Waals surface area contributed by atoms with Gasteiger partial charge in [-0.2, -0.15) is 0 Å². The molecule has 0 spiro atoms. The number of hydrogen-bond donors (Lipinski definition) is 4. The van der Waals surface area contributed by atoms with Crippen molar-refractivity contribution in [2.24, 2.45) is 0 Å². The Balaban J connectivity index is 0.000000387. The van der Waals surface area contributed by atoms with E-state index in [4.69, 9.17) is 20.1 Å². The molecule has 2 aromatic rings. The summed E-state index contributed by atoms with van der Waals surface area (Å²) in [4.78, 5) is 10.7. The summed E-state index contributed by atoms with van der Waals surface area (Å²) in [7, 11) is 0. The van der Waals surface area contributed by atoms with Crippen LogP contribution in [0.1, 0.15) is 38.1 Å². The Morgan fingerprint density at radius 2 is 1.46 bits per heavy atom. The Morgan fingerprint density at radius 3 is 1.85 bits per heavy atom. The first-order valence-corrected chi connectivity index (χ1v) is 8.49. The number of Topliss-reactive ketones (excluding diaryl/α,β-unsaturated/α-hetero) is 1. The van der Waals surface area contributed by atoms with Crippen LogP contribution in [-0.4, -0.2) is 40.9 Å². The number of anilines is 1. The van der Waals surface area contributed by atoms with Crippen LogP contribution in [-0.2, 0) is 4.74 Å². The molecule has 26 heavy (non-hydrogen) atoms. The Morgan fingerprint density at radius 1 is 0.923 bits per heavy atom. The molecule has 0 saturated heterocycles. The highest BCUT2D eigenvalue weighted by atomic mass is 16.5. The molecular weight excluding hydrogens is 334 g/mol. The minimum atomic E-state index is -0.220. The summed E-state index contributed by atoms with van der Waals surface area (Å²) in [6, 6.07) is 10.9. The van der Waals surface area contributed by atoms with Gasteiger partial charge >= 0.3 is 0 Å². The molecule has 6 heteroatoms. The van der Waals surface area contributed by atoms with Crippen molar-refractivity contribution in [1.82, 2.24) is 0 Å². The molecule has 0 aliphatic carbocycles. The van der Waals surface area contributed by atoms with Crippen LogP contribution in [0.4, 0.5) is 5.69 Å². The van der Waals surface area contributed by atoms with Crippen molar-refractivity contribution in [2.45, 2.75) is 27.7 Å². The maximum Gasteiger partial charge on any atom is 0.163 e. The van der Waals surface area contributed by atoms with Gasteiger partial charge in [-0.15, -0.1) is 0 Å². The van der Waals surface area contributed by atoms with Crippen LogP contribution in [0.3, 0.4) is 0 Å². The molecule has 6 nitrogen and oxygen atoms in total. The number of ether oxygens (including phenoxy) is 1. The van der Waals surface area contributed by atoms with Crippen LogP contribution in [0.15, 0.2) is 42.5 Å². The van der Waals surface area contributed by atoms with Crippen molar-refractivity contribution in [1.29, 1.82) is 0 Å². The van der Waals surface area contributed by atoms with E-state index in [1.54, 1.807) is 12.1 Å². The molecule has 2 rings (SSSR count). The lowest BCUT2D eigenvalue weighted by Crippen LogP contribution is -1.94. The predicted molar refractivity (Wildman–Crippen MR) is 104 cm³/mol. The number of carbonyl (C=O) groups is 1. The third kappa shape index (κ3) is 10.2. The van der Waals surface area contributed by atoms with Crippen molar-refractivity contribution in [3.63, 3.8) is 0 Å². The number of carbonyl (C=O) groups excluding carboxylic acids is 1. The largest absolute Gasteiger partial charge is 0.508 e. The predicted octanol–water partition coefficient (Wildman–Crippen LogP) is 4.17. The highest BCUT2D eigenvalue weighted by Crippen LogP contribution is 2.22. The Labute approximate surface area is 155 Å². The molecule has 4 N–H and O–H groups in total. The van der Waals surface area contributed by atoms with Gasteiger partial charge in [0, 0.05) is 31.5 Å². The molecule has 0 saturated carbocycles. The number of ketones is 1. The molecule has 0 amide bonds. The zero-order chi connectivity index (χ0) is 19.9. The highest BCUT2D eigenvalue weighted by Gasteiger charge is 2.05. The molecule has 0 aromatic heterocycles. The monoisotopic (exact) mass is 363 g/mol. The van der Waals surface area contributed by atoms with Gasteiger partial charge in [0.05, 0.1) is 5.56 Å². The second-order valence-electron chi connectivity index (χ2n) is 5.12. The first-order valence-electron chi connectivity index (χ1n) is 8.49. The summed E-state index contributed by atoms with van der Waals surface area (Å²) in [5.74, 6) is -0.144. The zero-order valence-corrected chi connectivity index (χ0v) is 15.8. The minimum Gasteiger partial charge on any atom is -0.508 e. The van der Waals surface area contributed by atoms with Crippen molar-refractivity contribution in [3.05, 3.63) is 48.0 Å². The van der Waals surface area contributed by atoms with Gasteiger partial charge in [-0.25, -0.2) is 0 Å². The lowest BCUT2D eigenvalue weighted by molar-refractivity contribution is 0.101. The van der Waals surface area contributed by atoms with Crippen molar-refractivity contribution in [2.75, 3.05) is 25.1 Å². The van der Waals surface area contributed by atoms with Gasteiger partial charge in [-0.3, -0.25) is 4.79 Å². The molecule has 0 bridgehead atoms. The van der Waals surface area contributed by atoms with Gasteiger partial charge in [-0.1, -0.05) is 0 Å². The molecule has 144 valence electrons. The lowest BCUT2D eigenvalue weighted by atomic mass is 10.1. The summed E-state index contributed by atoms with van der Waals surface area (Å²) in [6.45, 7) is 9.96. The maximum atomic E-state index is 10.7. The summed E-state index contributed by atoms with van der Waals surface area (Å²) in [5.41, 5.74) is 1.27. The number of rotatable bonds is 5.